The average molecular weight is 1140 g/mol. The fraction of sp³-hybridized carbons (Fsp3) is 0.571. The maximum absolute atomic E-state index is 12.9. The van der Waals surface area contributed by atoms with E-state index in [9.17, 15) is 14.4 Å². The van der Waals surface area contributed by atoms with Crippen LogP contribution in [0.25, 0.3) is 0 Å². The van der Waals surface area contributed by atoms with E-state index in [1.54, 1.807) is 0 Å². The Balaban J connectivity index is 4.43. The van der Waals surface area contributed by atoms with Crippen LogP contribution >= 0.6 is 0 Å². The van der Waals surface area contributed by atoms with Gasteiger partial charge in [-0.2, -0.15) is 0 Å². The molecule has 0 heterocycles. The molecule has 6 nitrogen and oxygen atoms in total. The van der Waals surface area contributed by atoms with Crippen molar-refractivity contribution in [2.24, 2.45) is 0 Å². The van der Waals surface area contributed by atoms with Gasteiger partial charge in [0.25, 0.3) is 0 Å². The molecule has 0 saturated carbocycles. The summed E-state index contributed by atoms with van der Waals surface area (Å²) in [5, 5.41) is 0. The van der Waals surface area contributed by atoms with E-state index in [0.717, 1.165) is 154 Å². The highest BCUT2D eigenvalue weighted by molar-refractivity contribution is 5.71. The van der Waals surface area contributed by atoms with Crippen LogP contribution in [0.15, 0.2) is 182 Å². The van der Waals surface area contributed by atoms with Gasteiger partial charge in [0.1, 0.15) is 13.2 Å². The van der Waals surface area contributed by atoms with Crippen molar-refractivity contribution >= 4 is 17.9 Å². The van der Waals surface area contributed by atoms with Gasteiger partial charge in [-0.05, 0) is 141 Å². The summed E-state index contributed by atoms with van der Waals surface area (Å²) < 4.78 is 16.8. The number of hydrogen-bond acceptors (Lipinski definition) is 6. The van der Waals surface area contributed by atoms with Gasteiger partial charge < -0.3 is 14.2 Å². The summed E-state index contributed by atoms with van der Waals surface area (Å²) in [4.78, 5) is 38.3. The van der Waals surface area contributed by atoms with E-state index in [0.29, 0.717) is 19.3 Å². The lowest BCUT2D eigenvalue weighted by Gasteiger charge is -2.18. The van der Waals surface area contributed by atoms with Gasteiger partial charge in [-0.3, -0.25) is 14.4 Å². The minimum absolute atomic E-state index is 0.119. The van der Waals surface area contributed by atoms with Crippen molar-refractivity contribution in [1.29, 1.82) is 0 Å². The van der Waals surface area contributed by atoms with Gasteiger partial charge in [-0.1, -0.05) is 287 Å². The molecule has 0 saturated heterocycles. The van der Waals surface area contributed by atoms with Crippen molar-refractivity contribution in [3.63, 3.8) is 0 Å². The fourth-order valence-corrected chi connectivity index (χ4v) is 8.55. The molecule has 0 fully saturated rings. The van der Waals surface area contributed by atoms with E-state index in [2.05, 4.69) is 191 Å². The zero-order chi connectivity index (χ0) is 59.9. The van der Waals surface area contributed by atoms with Crippen LogP contribution in [-0.4, -0.2) is 37.2 Å². The van der Waals surface area contributed by atoms with Crippen LogP contribution in [0, 0.1) is 0 Å². The lowest BCUT2D eigenvalue weighted by molar-refractivity contribution is -0.166. The molecule has 0 aromatic carbocycles. The standard InChI is InChI=1S/C77H120O6/c1-4-7-10-13-16-19-22-25-27-29-31-33-35-37-38-40-41-43-45-47-49-52-55-58-61-64-67-70-76(79)82-73-74(72-81-75(78)69-66-63-60-57-54-51-24-21-18-15-12-9-6-3)83-77(80)71-68-65-62-59-56-53-50-48-46-44-42-39-36-34-32-30-28-26-23-20-17-14-11-8-5-2/h7-12,16-21,25-28,31-34,37-38,41,43,47,49,51,54,60,63,74H,4-6,13-15,22-24,29-30,35-36,39-40,42,44-46,48,50,52-53,55-59,61-62,64-73H2,1-3H3/b10-7-,11-8-,12-9-,19-16-,20-17-,21-18-,27-25-,28-26-,33-31-,34-32-,38-37-,43-41-,49-47-,54-51-,63-60-. The molecule has 0 amide bonds. The molecule has 464 valence electrons. The summed E-state index contributed by atoms with van der Waals surface area (Å²) in [6.07, 6.45) is 103. The number of unbranched alkanes of at least 4 members (excludes halogenated alkanes) is 17. The Morgan fingerprint density at radius 1 is 0.241 bits per heavy atom. The van der Waals surface area contributed by atoms with Gasteiger partial charge in [0.15, 0.2) is 6.10 Å². The normalized spacial score (nSPS) is 13.3. The molecular weight excluding hydrogens is 1020 g/mol. The second-order valence-corrected chi connectivity index (χ2v) is 21.2. The van der Waals surface area contributed by atoms with Crippen molar-refractivity contribution in [3.05, 3.63) is 182 Å². The number of ether oxygens (including phenoxy) is 3. The molecule has 0 N–H and O–H groups in total. The van der Waals surface area contributed by atoms with Crippen LogP contribution in [0.2, 0.25) is 0 Å². The molecule has 0 radical (unpaired) electrons. The third-order valence-electron chi connectivity index (χ3n) is 13.4. The van der Waals surface area contributed by atoms with Crippen LogP contribution in [0.4, 0.5) is 0 Å². The van der Waals surface area contributed by atoms with Crippen LogP contribution in [0.5, 0.6) is 0 Å². The highest BCUT2D eigenvalue weighted by Gasteiger charge is 2.19. The largest absolute Gasteiger partial charge is 0.462 e. The summed E-state index contributed by atoms with van der Waals surface area (Å²) in [5.41, 5.74) is 0. The molecule has 83 heavy (non-hydrogen) atoms. The van der Waals surface area contributed by atoms with E-state index < -0.39 is 6.10 Å². The molecule has 0 aliphatic heterocycles. The Labute approximate surface area is 510 Å². The third kappa shape index (κ3) is 67.2. The molecule has 0 aromatic heterocycles. The van der Waals surface area contributed by atoms with Crippen molar-refractivity contribution in [2.75, 3.05) is 13.2 Å². The van der Waals surface area contributed by atoms with Crippen LogP contribution < -0.4 is 0 Å². The van der Waals surface area contributed by atoms with Crippen LogP contribution in [0.1, 0.15) is 265 Å². The van der Waals surface area contributed by atoms with Crippen LogP contribution in [0.3, 0.4) is 0 Å². The van der Waals surface area contributed by atoms with Gasteiger partial charge in [0, 0.05) is 19.3 Å². The highest BCUT2D eigenvalue weighted by atomic mass is 16.6. The molecule has 0 bridgehead atoms. The molecule has 0 aliphatic rings. The molecule has 1 atom stereocenters. The smallest absolute Gasteiger partial charge is 0.306 e. The first-order valence-electron chi connectivity index (χ1n) is 33.3. The Hall–Kier alpha value is -5.49. The summed E-state index contributed by atoms with van der Waals surface area (Å²) in [7, 11) is 0. The van der Waals surface area contributed by atoms with E-state index >= 15 is 0 Å². The lowest BCUT2D eigenvalue weighted by atomic mass is 10.0. The summed E-state index contributed by atoms with van der Waals surface area (Å²) in [6.45, 7) is 6.21. The summed E-state index contributed by atoms with van der Waals surface area (Å²) in [6, 6.07) is 0. The maximum Gasteiger partial charge on any atom is 0.306 e. The minimum atomic E-state index is -0.828. The zero-order valence-electron chi connectivity index (χ0n) is 53.1. The van der Waals surface area contributed by atoms with Gasteiger partial charge in [0.05, 0.1) is 0 Å². The average Bonchev–Trinajstić information content (AvgIpc) is 3.49. The molecular formula is C77H120O6. The van der Waals surface area contributed by atoms with E-state index in [4.69, 9.17) is 14.2 Å². The van der Waals surface area contributed by atoms with E-state index in [1.165, 1.54) is 64.2 Å². The predicted octanol–water partition coefficient (Wildman–Crippen LogP) is 23.2. The van der Waals surface area contributed by atoms with E-state index in [1.807, 2.05) is 12.2 Å². The number of hydrogen-bond donors (Lipinski definition) is 0. The Morgan fingerprint density at radius 2 is 0.458 bits per heavy atom. The first kappa shape index (κ1) is 77.5. The molecule has 1 unspecified atom stereocenters. The number of esters is 3. The SMILES string of the molecule is CC/C=C\C/C=C\C/C=C\C/C=C\C/C=C\C/C=C\C/C=C\CCCCCCCC(=O)OCC(COC(=O)CC/C=C\C/C=C\C/C=C\C/C=C\CC)OC(=O)CCCCCCCCCCCCCC/C=C\C/C=C\C/C=C\C/C=C\CC. The highest BCUT2D eigenvalue weighted by Crippen LogP contribution is 2.15. The molecule has 0 aromatic rings. The van der Waals surface area contributed by atoms with Crippen molar-refractivity contribution in [2.45, 2.75) is 271 Å². The summed E-state index contributed by atoms with van der Waals surface area (Å²) >= 11 is 0. The topological polar surface area (TPSA) is 78.9 Å². The minimum Gasteiger partial charge on any atom is -0.462 e. The van der Waals surface area contributed by atoms with Gasteiger partial charge in [-0.15, -0.1) is 0 Å². The quantitative estimate of drug-likeness (QED) is 0.0261. The first-order chi connectivity index (χ1) is 41.0. The van der Waals surface area contributed by atoms with Gasteiger partial charge in [0.2, 0.25) is 0 Å². The summed E-state index contributed by atoms with van der Waals surface area (Å²) in [5.74, 6) is -1.03. The number of carbonyl (C=O) groups is 3. The zero-order valence-corrected chi connectivity index (χ0v) is 53.1. The maximum atomic E-state index is 12.9. The molecule has 0 aliphatic carbocycles. The number of carbonyl (C=O) groups excluding carboxylic acids is 3. The van der Waals surface area contributed by atoms with E-state index in [-0.39, 0.29) is 37.5 Å². The Kier molecular flexibility index (Phi) is 64.4. The Bertz CT molecular complexity index is 1940. The van der Waals surface area contributed by atoms with Crippen LogP contribution in [-0.2, 0) is 28.6 Å². The Morgan fingerprint density at radius 3 is 0.747 bits per heavy atom. The lowest BCUT2D eigenvalue weighted by Crippen LogP contribution is -2.30. The van der Waals surface area contributed by atoms with Crippen molar-refractivity contribution in [3.8, 4) is 0 Å². The monoisotopic (exact) mass is 1140 g/mol. The third-order valence-corrected chi connectivity index (χ3v) is 13.4. The molecule has 0 spiro atoms. The first-order valence-corrected chi connectivity index (χ1v) is 33.3. The predicted molar refractivity (Wildman–Crippen MR) is 361 cm³/mol. The van der Waals surface area contributed by atoms with Crippen molar-refractivity contribution < 1.29 is 28.6 Å². The molecule has 6 heteroatoms. The van der Waals surface area contributed by atoms with Gasteiger partial charge in [-0.25, -0.2) is 0 Å². The molecule has 0 rings (SSSR count). The second kappa shape index (κ2) is 69.0. The second-order valence-electron chi connectivity index (χ2n) is 21.2. The van der Waals surface area contributed by atoms with Crippen molar-refractivity contribution in [1.82, 2.24) is 0 Å². The fourth-order valence-electron chi connectivity index (χ4n) is 8.55. The number of rotatable bonds is 58. The number of allylic oxidation sites excluding steroid dienone is 30. The van der Waals surface area contributed by atoms with Gasteiger partial charge >= 0.3 is 17.9 Å².